The summed E-state index contributed by atoms with van der Waals surface area (Å²) in [5, 5.41) is 3.49. The number of nitrogens with one attached hydrogen (secondary N) is 1. The van der Waals surface area contributed by atoms with Gasteiger partial charge in [0.2, 0.25) is 0 Å². The highest BCUT2D eigenvalue weighted by Gasteiger charge is 2.22. The topological polar surface area (TPSA) is 24.5 Å². The van der Waals surface area contributed by atoms with E-state index in [0.29, 0.717) is 18.1 Å². The Morgan fingerprint density at radius 3 is 2.52 bits per heavy atom. The molecule has 0 radical (unpaired) electrons. The Labute approximate surface area is 137 Å². The minimum absolute atomic E-state index is 0.292. The number of rotatable bonds is 5. The van der Waals surface area contributed by atoms with E-state index in [1.54, 1.807) is 0 Å². The van der Waals surface area contributed by atoms with Crippen molar-refractivity contribution in [2.45, 2.75) is 46.4 Å². The Hall–Kier alpha value is -0.580. The van der Waals surface area contributed by atoms with Crippen LogP contribution < -0.4 is 10.2 Å². The Kier molecular flexibility index (Phi) is 6.08. The first-order valence-electron chi connectivity index (χ1n) is 7.85. The zero-order valence-corrected chi connectivity index (χ0v) is 15.1. The van der Waals surface area contributed by atoms with E-state index in [2.05, 4.69) is 72.0 Å². The smallest absolute Gasteiger partial charge is 0.0726 e. The zero-order valence-electron chi connectivity index (χ0n) is 13.5. The van der Waals surface area contributed by atoms with Gasteiger partial charge in [-0.2, -0.15) is 0 Å². The number of hydrogen-bond acceptors (Lipinski definition) is 3. The number of ether oxygens (including phenoxy) is 1. The lowest BCUT2D eigenvalue weighted by atomic mass is 10.1. The van der Waals surface area contributed by atoms with Crippen LogP contribution >= 0.6 is 15.9 Å². The highest BCUT2D eigenvalue weighted by atomic mass is 79.9. The third-order valence-corrected chi connectivity index (χ3v) is 4.43. The quantitative estimate of drug-likeness (QED) is 0.869. The van der Waals surface area contributed by atoms with Crippen molar-refractivity contribution < 1.29 is 4.74 Å². The molecule has 0 amide bonds. The Balaban J connectivity index is 2.01. The average molecular weight is 355 g/mol. The Morgan fingerprint density at radius 1 is 1.29 bits per heavy atom. The SMILES string of the molecule is CC(C)CNCc1ccc(N2C[C@@H](C)O[C@@H](C)C2)cc1Br. The minimum atomic E-state index is 0.292. The van der Waals surface area contributed by atoms with E-state index in [4.69, 9.17) is 4.74 Å². The molecule has 0 spiro atoms. The summed E-state index contributed by atoms with van der Waals surface area (Å²) in [6, 6.07) is 6.68. The van der Waals surface area contributed by atoms with Gasteiger partial charge in [-0.15, -0.1) is 0 Å². The van der Waals surface area contributed by atoms with Crippen molar-refractivity contribution in [3.05, 3.63) is 28.2 Å². The maximum Gasteiger partial charge on any atom is 0.0726 e. The van der Waals surface area contributed by atoms with Gasteiger partial charge in [-0.3, -0.25) is 0 Å². The van der Waals surface area contributed by atoms with Crippen molar-refractivity contribution in [3.63, 3.8) is 0 Å². The summed E-state index contributed by atoms with van der Waals surface area (Å²) in [4.78, 5) is 2.41. The molecule has 1 saturated heterocycles. The van der Waals surface area contributed by atoms with Crippen LogP contribution in [0.3, 0.4) is 0 Å². The molecular weight excluding hydrogens is 328 g/mol. The van der Waals surface area contributed by atoms with Crippen LogP contribution in [0.25, 0.3) is 0 Å². The molecule has 1 heterocycles. The first-order valence-corrected chi connectivity index (χ1v) is 8.64. The van der Waals surface area contributed by atoms with E-state index >= 15 is 0 Å². The maximum absolute atomic E-state index is 5.80. The predicted octanol–water partition coefficient (Wildman–Crippen LogP) is 3.81. The second kappa shape index (κ2) is 7.61. The molecule has 0 aromatic heterocycles. The van der Waals surface area contributed by atoms with Gasteiger partial charge in [0, 0.05) is 29.8 Å². The summed E-state index contributed by atoms with van der Waals surface area (Å²) in [5.41, 5.74) is 2.59. The van der Waals surface area contributed by atoms with Gasteiger partial charge in [-0.05, 0) is 44.0 Å². The summed E-state index contributed by atoms with van der Waals surface area (Å²) < 4.78 is 6.99. The molecule has 118 valence electrons. The lowest BCUT2D eigenvalue weighted by Crippen LogP contribution is -2.45. The summed E-state index contributed by atoms with van der Waals surface area (Å²) >= 11 is 3.71. The van der Waals surface area contributed by atoms with Crippen LogP contribution in [-0.4, -0.2) is 31.8 Å². The molecule has 1 aromatic rings. The van der Waals surface area contributed by atoms with Gasteiger partial charge >= 0.3 is 0 Å². The molecule has 1 fully saturated rings. The number of hydrogen-bond donors (Lipinski definition) is 1. The lowest BCUT2D eigenvalue weighted by Gasteiger charge is -2.37. The third-order valence-electron chi connectivity index (χ3n) is 3.69. The molecule has 1 N–H and O–H groups in total. The van der Waals surface area contributed by atoms with Crippen LogP contribution in [0.2, 0.25) is 0 Å². The molecule has 2 rings (SSSR count). The van der Waals surface area contributed by atoms with Gasteiger partial charge in [0.15, 0.2) is 0 Å². The molecule has 1 aliphatic rings. The molecule has 0 bridgehead atoms. The minimum Gasteiger partial charge on any atom is -0.372 e. The molecule has 4 heteroatoms. The second-order valence-corrected chi connectivity index (χ2v) is 7.32. The number of nitrogens with zero attached hydrogens (tertiary/aromatic N) is 1. The molecule has 0 unspecified atom stereocenters. The fourth-order valence-electron chi connectivity index (χ4n) is 2.76. The zero-order chi connectivity index (χ0) is 15.4. The number of morpholine rings is 1. The van der Waals surface area contributed by atoms with E-state index in [1.165, 1.54) is 15.7 Å². The molecular formula is C17H27BrN2O. The summed E-state index contributed by atoms with van der Waals surface area (Å²) in [5.74, 6) is 0.680. The van der Waals surface area contributed by atoms with Crippen LogP contribution in [0, 0.1) is 5.92 Å². The molecule has 3 nitrogen and oxygen atoms in total. The summed E-state index contributed by atoms with van der Waals surface area (Å²) in [7, 11) is 0. The molecule has 1 aliphatic heterocycles. The van der Waals surface area contributed by atoms with Crippen LogP contribution in [0.15, 0.2) is 22.7 Å². The third kappa shape index (κ3) is 4.97. The molecule has 1 aromatic carbocycles. The fraction of sp³-hybridized carbons (Fsp3) is 0.647. The van der Waals surface area contributed by atoms with Gasteiger partial charge in [0.05, 0.1) is 12.2 Å². The van der Waals surface area contributed by atoms with Crippen molar-refractivity contribution >= 4 is 21.6 Å². The standard InChI is InChI=1S/C17H27BrN2O/c1-12(2)8-19-9-15-5-6-16(7-17(15)18)20-10-13(3)21-14(4)11-20/h5-7,12-14,19H,8-11H2,1-4H3/t13-,14+. The van der Waals surface area contributed by atoms with Gasteiger partial charge in [0.25, 0.3) is 0 Å². The molecule has 0 saturated carbocycles. The van der Waals surface area contributed by atoms with Crippen molar-refractivity contribution in [1.29, 1.82) is 0 Å². The summed E-state index contributed by atoms with van der Waals surface area (Å²) in [6.45, 7) is 12.6. The van der Waals surface area contributed by atoms with E-state index in [-0.39, 0.29) is 0 Å². The van der Waals surface area contributed by atoms with Crippen molar-refractivity contribution in [2.24, 2.45) is 5.92 Å². The van der Waals surface area contributed by atoms with Crippen molar-refractivity contribution in [2.75, 3.05) is 24.5 Å². The number of halogens is 1. The van der Waals surface area contributed by atoms with Crippen LogP contribution in [-0.2, 0) is 11.3 Å². The number of anilines is 1. The maximum atomic E-state index is 5.80. The highest BCUT2D eigenvalue weighted by Crippen LogP contribution is 2.26. The Morgan fingerprint density at radius 2 is 1.95 bits per heavy atom. The van der Waals surface area contributed by atoms with E-state index in [1.807, 2.05) is 0 Å². The normalized spacial score (nSPS) is 22.9. The first kappa shape index (κ1) is 16.8. The van der Waals surface area contributed by atoms with Crippen LogP contribution in [0.5, 0.6) is 0 Å². The van der Waals surface area contributed by atoms with Gasteiger partial charge in [-0.1, -0.05) is 35.8 Å². The van der Waals surface area contributed by atoms with Crippen LogP contribution in [0.1, 0.15) is 33.3 Å². The average Bonchev–Trinajstić information content (AvgIpc) is 2.39. The lowest BCUT2D eigenvalue weighted by molar-refractivity contribution is -0.00522. The van der Waals surface area contributed by atoms with Gasteiger partial charge in [0.1, 0.15) is 0 Å². The van der Waals surface area contributed by atoms with E-state index in [9.17, 15) is 0 Å². The van der Waals surface area contributed by atoms with Crippen molar-refractivity contribution in [3.8, 4) is 0 Å². The second-order valence-electron chi connectivity index (χ2n) is 6.46. The van der Waals surface area contributed by atoms with Crippen molar-refractivity contribution in [1.82, 2.24) is 5.32 Å². The van der Waals surface area contributed by atoms with Gasteiger partial charge in [-0.25, -0.2) is 0 Å². The summed E-state index contributed by atoms with van der Waals surface area (Å²) in [6.07, 6.45) is 0.583. The highest BCUT2D eigenvalue weighted by molar-refractivity contribution is 9.10. The largest absolute Gasteiger partial charge is 0.372 e. The fourth-order valence-corrected chi connectivity index (χ4v) is 3.27. The van der Waals surface area contributed by atoms with Crippen LogP contribution in [0.4, 0.5) is 5.69 Å². The van der Waals surface area contributed by atoms with Gasteiger partial charge < -0.3 is 15.0 Å². The monoisotopic (exact) mass is 354 g/mol. The molecule has 0 aliphatic carbocycles. The van der Waals surface area contributed by atoms with E-state index < -0.39 is 0 Å². The molecule has 21 heavy (non-hydrogen) atoms. The predicted molar refractivity (Wildman–Crippen MR) is 92.9 cm³/mol. The Bertz CT molecular complexity index is 454. The van der Waals surface area contributed by atoms with E-state index in [0.717, 1.165) is 26.2 Å². The first-order chi connectivity index (χ1) is 9.95. The number of benzene rings is 1. The molecule has 2 atom stereocenters.